The molecule has 2 amide bonds. The van der Waals surface area contributed by atoms with Crippen LogP contribution in [-0.2, 0) is 16.0 Å². The van der Waals surface area contributed by atoms with Gasteiger partial charge in [0, 0.05) is 17.0 Å². The van der Waals surface area contributed by atoms with E-state index in [0.29, 0.717) is 26.9 Å². The van der Waals surface area contributed by atoms with E-state index in [-0.39, 0.29) is 22.7 Å². The molecule has 3 aromatic rings. The van der Waals surface area contributed by atoms with Crippen LogP contribution in [0.3, 0.4) is 0 Å². The molecule has 3 rings (SSSR count). The van der Waals surface area contributed by atoms with Crippen molar-refractivity contribution < 1.29 is 24.2 Å². The van der Waals surface area contributed by atoms with Crippen LogP contribution in [0.1, 0.15) is 21.5 Å². The van der Waals surface area contributed by atoms with Gasteiger partial charge >= 0.3 is 5.97 Å². The van der Waals surface area contributed by atoms with E-state index in [1.165, 1.54) is 31.4 Å². The summed E-state index contributed by atoms with van der Waals surface area (Å²) in [6.45, 7) is 0. The Balaban J connectivity index is 1.90. The van der Waals surface area contributed by atoms with E-state index in [1.807, 2.05) is 0 Å². The standard InChI is InChI=1S/C26H21Cl3N2O5/c1-36-19-4-2-3-17(14-19)24(32)30-22(13-16-7-10-20(28)21(29)11-16)25(33)31-23(26(34)35)12-15-5-8-18(27)9-6-15/h2-11,13-14,23H,12H2,1H3,(H,30,32)(H,31,33)(H,34,35). The van der Waals surface area contributed by atoms with Crippen molar-refractivity contribution >= 4 is 58.7 Å². The lowest BCUT2D eigenvalue weighted by atomic mass is 10.1. The van der Waals surface area contributed by atoms with Gasteiger partial charge in [-0.15, -0.1) is 0 Å². The number of benzene rings is 3. The largest absolute Gasteiger partial charge is 0.497 e. The normalized spacial score (nSPS) is 11.9. The summed E-state index contributed by atoms with van der Waals surface area (Å²) in [6, 6.07) is 16.3. The highest BCUT2D eigenvalue weighted by Gasteiger charge is 2.24. The van der Waals surface area contributed by atoms with Crippen molar-refractivity contribution in [2.45, 2.75) is 12.5 Å². The highest BCUT2D eigenvalue weighted by atomic mass is 35.5. The summed E-state index contributed by atoms with van der Waals surface area (Å²) >= 11 is 18.0. The third-order valence-corrected chi connectivity index (χ3v) is 6.03. The lowest BCUT2D eigenvalue weighted by molar-refractivity contribution is -0.141. The zero-order valence-corrected chi connectivity index (χ0v) is 21.2. The minimum absolute atomic E-state index is 0.00211. The van der Waals surface area contributed by atoms with Crippen LogP contribution >= 0.6 is 34.8 Å². The summed E-state index contributed by atoms with van der Waals surface area (Å²) in [5, 5.41) is 15.8. The maximum absolute atomic E-state index is 13.2. The number of methoxy groups -OCH3 is 1. The van der Waals surface area contributed by atoms with Crippen LogP contribution in [0.15, 0.2) is 72.4 Å². The maximum Gasteiger partial charge on any atom is 0.326 e. The van der Waals surface area contributed by atoms with Crippen LogP contribution in [0.4, 0.5) is 0 Å². The van der Waals surface area contributed by atoms with Crippen LogP contribution in [0.2, 0.25) is 15.1 Å². The van der Waals surface area contributed by atoms with Gasteiger partial charge in [-0.2, -0.15) is 0 Å². The van der Waals surface area contributed by atoms with E-state index in [4.69, 9.17) is 39.5 Å². The Morgan fingerprint density at radius 2 is 1.69 bits per heavy atom. The summed E-state index contributed by atoms with van der Waals surface area (Å²) in [5.41, 5.74) is 1.16. The number of hydrogen-bond donors (Lipinski definition) is 3. The SMILES string of the molecule is COc1cccc(C(=O)NC(=Cc2ccc(Cl)c(Cl)c2)C(=O)NC(Cc2ccc(Cl)cc2)C(=O)O)c1. The fourth-order valence-electron chi connectivity index (χ4n) is 3.18. The van der Waals surface area contributed by atoms with Gasteiger partial charge < -0.3 is 20.5 Å². The van der Waals surface area contributed by atoms with Crippen LogP contribution in [0, 0.1) is 0 Å². The highest BCUT2D eigenvalue weighted by Crippen LogP contribution is 2.24. The second-order valence-electron chi connectivity index (χ2n) is 7.61. The van der Waals surface area contributed by atoms with Gasteiger partial charge in [0.15, 0.2) is 0 Å². The number of amides is 2. The van der Waals surface area contributed by atoms with E-state index in [0.717, 1.165) is 0 Å². The van der Waals surface area contributed by atoms with Gasteiger partial charge in [0.2, 0.25) is 0 Å². The van der Waals surface area contributed by atoms with E-state index < -0.39 is 23.8 Å². The zero-order chi connectivity index (χ0) is 26.2. The Kier molecular flexibility index (Phi) is 9.36. The molecule has 7 nitrogen and oxygen atoms in total. The fourth-order valence-corrected chi connectivity index (χ4v) is 3.61. The maximum atomic E-state index is 13.2. The van der Waals surface area contributed by atoms with E-state index in [1.54, 1.807) is 48.5 Å². The Bertz CT molecular complexity index is 1310. The Morgan fingerprint density at radius 3 is 2.33 bits per heavy atom. The predicted molar refractivity (Wildman–Crippen MR) is 140 cm³/mol. The smallest absolute Gasteiger partial charge is 0.326 e. The number of aliphatic carboxylic acids is 1. The van der Waals surface area contributed by atoms with Crippen molar-refractivity contribution in [3.63, 3.8) is 0 Å². The minimum Gasteiger partial charge on any atom is -0.497 e. The molecule has 0 heterocycles. The number of carboxylic acids is 1. The molecule has 0 spiro atoms. The second-order valence-corrected chi connectivity index (χ2v) is 8.86. The van der Waals surface area contributed by atoms with Crippen molar-refractivity contribution in [3.05, 3.63) is 104 Å². The van der Waals surface area contributed by atoms with Crippen LogP contribution in [0.25, 0.3) is 6.08 Å². The third-order valence-electron chi connectivity index (χ3n) is 5.04. The number of halogens is 3. The van der Waals surface area contributed by atoms with E-state index >= 15 is 0 Å². The van der Waals surface area contributed by atoms with Crippen molar-refractivity contribution in [1.82, 2.24) is 10.6 Å². The molecule has 0 aliphatic rings. The molecule has 0 saturated carbocycles. The summed E-state index contributed by atoms with van der Waals surface area (Å²) in [5.74, 6) is -2.19. The summed E-state index contributed by atoms with van der Waals surface area (Å²) in [4.78, 5) is 38.0. The van der Waals surface area contributed by atoms with Gasteiger partial charge in [-0.1, -0.05) is 59.1 Å². The number of carbonyl (C=O) groups is 3. The number of hydrogen-bond acceptors (Lipinski definition) is 4. The van der Waals surface area contributed by atoms with Gasteiger partial charge in [0.25, 0.3) is 11.8 Å². The fraction of sp³-hybridized carbons (Fsp3) is 0.115. The lowest BCUT2D eigenvalue weighted by Crippen LogP contribution is -2.45. The molecule has 3 aromatic carbocycles. The molecule has 1 atom stereocenters. The van der Waals surface area contributed by atoms with E-state index in [2.05, 4.69) is 10.6 Å². The Hall–Kier alpha value is -3.52. The number of ether oxygens (including phenoxy) is 1. The van der Waals surface area contributed by atoms with Gasteiger partial charge in [0.1, 0.15) is 17.5 Å². The van der Waals surface area contributed by atoms with E-state index in [9.17, 15) is 19.5 Å². The Labute approximate surface area is 222 Å². The first-order valence-corrected chi connectivity index (χ1v) is 11.7. The van der Waals surface area contributed by atoms with Gasteiger partial charge in [-0.3, -0.25) is 9.59 Å². The lowest BCUT2D eigenvalue weighted by Gasteiger charge is -2.17. The molecule has 0 aliphatic heterocycles. The Morgan fingerprint density at radius 1 is 0.972 bits per heavy atom. The molecule has 0 bridgehead atoms. The van der Waals surface area contributed by atoms with Crippen LogP contribution in [0.5, 0.6) is 5.75 Å². The highest BCUT2D eigenvalue weighted by molar-refractivity contribution is 6.42. The van der Waals surface area contributed by atoms with Gasteiger partial charge in [0.05, 0.1) is 17.2 Å². The predicted octanol–water partition coefficient (Wildman–Crippen LogP) is 5.24. The number of nitrogens with one attached hydrogen (secondary N) is 2. The van der Waals surface area contributed by atoms with Crippen molar-refractivity contribution in [3.8, 4) is 5.75 Å². The summed E-state index contributed by atoms with van der Waals surface area (Å²) in [7, 11) is 1.47. The van der Waals surface area contributed by atoms with Crippen molar-refractivity contribution in [1.29, 1.82) is 0 Å². The molecule has 3 N–H and O–H groups in total. The first kappa shape index (κ1) is 27.1. The molecule has 186 valence electrons. The molecular formula is C26H21Cl3N2O5. The summed E-state index contributed by atoms with van der Waals surface area (Å²) in [6.07, 6.45) is 1.37. The van der Waals surface area contributed by atoms with Crippen molar-refractivity contribution in [2.75, 3.05) is 7.11 Å². The molecule has 0 saturated heterocycles. The summed E-state index contributed by atoms with van der Waals surface area (Å²) < 4.78 is 5.15. The molecule has 0 aromatic heterocycles. The quantitative estimate of drug-likeness (QED) is 0.318. The topological polar surface area (TPSA) is 105 Å². The monoisotopic (exact) mass is 546 g/mol. The van der Waals surface area contributed by atoms with Gasteiger partial charge in [-0.05, 0) is 59.7 Å². The molecule has 0 aliphatic carbocycles. The molecule has 1 unspecified atom stereocenters. The van der Waals surface area contributed by atoms with Crippen molar-refractivity contribution in [2.24, 2.45) is 0 Å². The first-order valence-electron chi connectivity index (χ1n) is 10.6. The van der Waals surface area contributed by atoms with Crippen LogP contribution < -0.4 is 15.4 Å². The first-order chi connectivity index (χ1) is 17.2. The molecule has 0 fully saturated rings. The van der Waals surface area contributed by atoms with Crippen LogP contribution in [-0.4, -0.2) is 36.0 Å². The minimum atomic E-state index is -1.27. The second kappa shape index (κ2) is 12.4. The number of carboxylic acid groups (broad SMARTS) is 1. The van der Waals surface area contributed by atoms with Gasteiger partial charge in [-0.25, -0.2) is 4.79 Å². The number of carbonyl (C=O) groups excluding carboxylic acids is 2. The average molecular weight is 548 g/mol. The number of rotatable bonds is 9. The molecule has 10 heteroatoms. The molecule has 36 heavy (non-hydrogen) atoms. The molecular weight excluding hydrogens is 527 g/mol. The average Bonchev–Trinajstić information content (AvgIpc) is 2.86. The molecule has 0 radical (unpaired) electrons. The third kappa shape index (κ3) is 7.49. The zero-order valence-electron chi connectivity index (χ0n) is 18.9.